The topological polar surface area (TPSA) is 61.7 Å². The zero-order chi connectivity index (χ0) is 18.1. The molecule has 1 fully saturated rings. The van der Waals surface area contributed by atoms with E-state index >= 15 is 0 Å². The summed E-state index contributed by atoms with van der Waals surface area (Å²) in [4.78, 5) is 21.8. The van der Waals surface area contributed by atoms with Gasteiger partial charge in [0.15, 0.2) is 0 Å². The van der Waals surface area contributed by atoms with Gasteiger partial charge in [-0.25, -0.2) is 19.2 Å². The number of urea groups is 1. The van der Waals surface area contributed by atoms with Gasteiger partial charge in [0.25, 0.3) is 0 Å². The number of nitrogens with zero attached hydrogens (tertiary/aromatic N) is 5. The number of halogens is 2. The van der Waals surface area contributed by atoms with Gasteiger partial charge in [0.2, 0.25) is 5.95 Å². The monoisotopic (exact) mass is 355 g/mol. The number of aromatic nitrogens is 2. The highest BCUT2D eigenvalue weighted by atomic mass is 19.1. The van der Waals surface area contributed by atoms with Crippen LogP contribution in [0.15, 0.2) is 47.5 Å². The van der Waals surface area contributed by atoms with Crippen molar-refractivity contribution in [1.29, 1.82) is 0 Å². The summed E-state index contributed by atoms with van der Waals surface area (Å²) in [5, 5.41) is 5.51. The Morgan fingerprint density at radius 2 is 2.04 bits per heavy atom. The molecule has 2 aromatic heterocycles. The van der Waals surface area contributed by atoms with Crippen molar-refractivity contribution in [2.45, 2.75) is 12.5 Å². The second-order valence-corrected chi connectivity index (χ2v) is 6.19. The molecule has 0 N–H and O–H groups in total. The highest BCUT2D eigenvalue weighted by Crippen LogP contribution is 2.31. The predicted molar refractivity (Wildman–Crippen MR) is 91.0 cm³/mol. The number of rotatable bonds is 2. The first-order valence-corrected chi connectivity index (χ1v) is 8.12. The van der Waals surface area contributed by atoms with Crippen LogP contribution in [0.4, 0.5) is 13.6 Å². The van der Waals surface area contributed by atoms with Crippen LogP contribution in [0.2, 0.25) is 0 Å². The Hall–Kier alpha value is -3.16. The van der Waals surface area contributed by atoms with Crippen LogP contribution in [0.25, 0.3) is 6.08 Å². The first kappa shape index (κ1) is 16.3. The van der Waals surface area contributed by atoms with Crippen LogP contribution in [0.1, 0.15) is 23.6 Å². The lowest BCUT2D eigenvalue weighted by molar-refractivity contribution is 0.136. The van der Waals surface area contributed by atoms with E-state index in [1.165, 1.54) is 23.3 Å². The molecular formula is C18H15F2N5O. The van der Waals surface area contributed by atoms with Gasteiger partial charge in [-0.1, -0.05) is 6.08 Å². The van der Waals surface area contributed by atoms with Crippen molar-refractivity contribution in [2.75, 3.05) is 13.1 Å². The summed E-state index contributed by atoms with van der Waals surface area (Å²) >= 11 is 0. The highest BCUT2D eigenvalue weighted by molar-refractivity contribution is 5.80. The molecule has 0 radical (unpaired) electrons. The summed E-state index contributed by atoms with van der Waals surface area (Å²) in [6, 6.07) is 3.72. The summed E-state index contributed by atoms with van der Waals surface area (Å²) in [7, 11) is 0. The van der Waals surface area contributed by atoms with Gasteiger partial charge in [-0.05, 0) is 34.9 Å². The summed E-state index contributed by atoms with van der Waals surface area (Å²) in [6.45, 7) is 0.937. The Morgan fingerprint density at radius 3 is 2.77 bits per heavy atom. The molecule has 2 amide bonds. The van der Waals surface area contributed by atoms with Crippen molar-refractivity contribution in [3.63, 3.8) is 0 Å². The van der Waals surface area contributed by atoms with Gasteiger partial charge >= 0.3 is 6.03 Å². The van der Waals surface area contributed by atoms with E-state index in [0.717, 1.165) is 17.3 Å². The van der Waals surface area contributed by atoms with Crippen molar-refractivity contribution in [3.8, 4) is 0 Å². The quantitative estimate of drug-likeness (QED) is 0.778. The van der Waals surface area contributed by atoms with E-state index in [0.29, 0.717) is 25.1 Å². The lowest BCUT2D eigenvalue weighted by Crippen LogP contribution is -2.49. The molecule has 1 atom stereocenters. The van der Waals surface area contributed by atoms with E-state index in [2.05, 4.69) is 15.1 Å². The molecular weight excluding hydrogens is 340 g/mol. The fourth-order valence-electron chi connectivity index (χ4n) is 3.01. The number of carbonyl (C=O) groups is 1. The smallest absolute Gasteiger partial charge is 0.315 e. The molecule has 2 aliphatic heterocycles. The first-order chi connectivity index (χ1) is 12.6. The minimum absolute atomic E-state index is 0.234. The van der Waals surface area contributed by atoms with Crippen LogP contribution in [-0.4, -0.2) is 45.2 Å². The van der Waals surface area contributed by atoms with Crippen LogP contribution in [0.5, 0.6) is 0 Å². The third-order valence-electron chi connectivity index (χ3n) is 4.32. The number of pyridine rings is 2. The Kier molecular flexibility index (Phi) is 4.16. The Labute approximate surface area is 148 Å². The minimum Gasteiger partial charge on any atom is -0.315 e. The summed E-state index contributed by atoms with van der Waals surface area (Å²) in [5.74, 6) is -0.966. The van der Waals surface area contributed by atoms with Crippen molar-refractivity contribution >= 4 is 18.3 Å². The molecule has 4 rings (SSSR count). The summed E-state index contributed by atoms with van der Waals surface area (Å²) in [6.07, 6.45) is 8.18. The molecule has 2 aliphatic rings. The van der Waals surface area contributed by atoms with Gasteiger partial charge < -0.3 is 4.90 Å². The fraction of sp³-hybridized carbons (Fsp3) is 0.222. The van der Waals surface area contributed by atoms with E-state index in [1.54, 1.807) is 23.4 Å². The van der Waals surface area contributed by atoms with Crippen LogP contribution in [-0.2, 0) is 0 Å². The van der Waals surface area contributed by atoms with E-state index in [4.69, 9.17) is 0 Å². The summed E-state index contributed by atoms with van der Waals surface area (Å²) < 4.78 is 26.2. The maximum Gasteiger partial charge on any atom is 0.341 e. The average molecular weight is 355 g/mol. The van der Waals surface area contributed by atoms with E-state index in [1.807, 2.05) is 6.08 Å². The van der Waals surface area contributed by atoms with Crippen LogP contribution in [0, 0.1) is 11.8 Å². The average Bonchev–Trinajstić information content (AvgIpc) is 3.08. The Balaban J connectivity index is 1.42. The van der Waals surface area contributed by atoms with Crippen molar-refractivity contribution < 1.29 is 13.6 Å². The van der Waals surface area contributed by atoms with E-state index in [-0.39, 0.29) is 12.1 Å². The fourth-order valence-corrected chi connectivity index (χ4v) is 3.01. The number of hydrogen-bond donors (Lipinski definition) is 0. The SMILES string of the molecule is O=C(N1CC(=Cc2ccc(F)nc2)C1)N1N=CCC1c1cncc(F)c1. The molecule has 0 aromatic carbocycles. The molecule has 1 saturated heterocycles. The molecule has 0 spiro atoms. The Bertz CT molecular complexity index is 889. The zero-order valence-corrected chi connectivity index (χ0v) is 13.7. The lowest BCUT2D eigenvalue weighted by Gasteiger charge is -2.37. The second-order valence-electron chi connectivity index (χ2n) is 6.19. The first-order valence-electron chi connectivity index (χ1n) is 8.12. The van der Waals surface area contributed by atoms with E-state index < -0.39 is 11.8 Å². The number of hydrogen-bond acceptors (Lipinski definition) is 4. The lowest BCUT2D eigenvalue weighted by atomic mass is 10.0. The number of carbonyl (C=O) groups excluding carboxylic acids is 1. The maximum absolute atomic E-state index is 13.4. The molecule has 4 heterocycles. The van der Waals surface area contributed by atoms with Gasteiger partial charge in [-0.2, -0.15) is 9.49 Å². The normalized spacial score (nSPS) is 18.8. The molecule has 2 aromatic rings. The molecule has 0 saturated carbocycles. The maximum atomic E-state index is 13.4. The van der Waals surface area contributed by atoms with Gasteiger partial charge in [0, 0.05) is 38.1 Å². The van der Waals surface area contributed by atoms with Gasteiger partial charge in [0.05, 0.1) is 12.2 Å². The van der Waals surface area contributed by atoms with E-state index in [9.17, 15) is 13.6 Å². The highest BCUT2D eigenvalue weighted by Gasteiger charge is 2.35. The van der Waals surface area contributed by atoms with Gasteiger partial charge in [0.1, 0.15) is 5.82 Å². The molecule has 8 heteroatoms. The molecule has 26 heavy (non-hydrogen) atoms. The standard InChI is InChI=1S/C18H15F2N5O/c19-15-6-14(8-21-9-15)16-3-4-23-25(16)18(26)24-10-13(11-24)5-12-1-2-17(20)22-7-12/h1-2,4-9,16H,3,10-11H2. The summed E-state index contributed by atoms with van der Waals surface area (Å²) in [5.41, 5.74) is 2.44. The number of likely N-dealkylation sites (tertiary alicyclic amines) is 1. The second kappa shape index (κ2) is 6.62. The van der Waals surface area contributed by atoms with Gasteiger partial charge in [-0.3, -0.25) is 4.98 Å². The zero-order valence-electron chi connectivity index (χ0n) is 13.7. The number of amides is 2. The molecule has 0 aliphatic carbocycles. The third kappa shape index (κ3) is 3.17. The van der Waals surface area contributed by atoms with Crippen molar-refractivity contribution in [2.24, 2.45) is 5.10 Å². The molecule has 1 unspecified atom stereocenters. The molecule has 132 valence electrons. The molecule has 0 bridgehead atoms. The van der Waals surface area contributed by atoms with Crippen molar-refractivity contribution in [3.05, 3.63) is 65.3 Å². The predicted octanol–water partition coefficient (Wildman–Crippen LogP) is 3.01. The minimum atomic E-state index is -0.526. The number of hydrazone groups is 1. The largest absolute Gasteiger partial charge is 0.341 e. The third-order valence-corrected chi connectivity index (χ3v) is 4.32. The van der Waals surface area contributed by atoms with Crippen LogP contribution < -0.4 is 0 Å². The van der Waals surface area contributed by atoms with Crippen LogP contribution in [0.3, 0.4) is 0 Å². The van der Waals surface area contributed by atoms with Crippen LogP contribution >= 0.6 is 0 Å². The van der Waals surface area contributed by atoms with Crippen molar-refractivity contribution in [1.82, 2.24) is 19.9 Å². The molecule has 6 nitrogen and oxygen atoms in total. The van der Waals surface area contributed by atoms with Gasteiger partial charge in [-0.15, -0.1) is 0 Å². The Morgan fingerprint density at radius 1 is 1.19 bits per heavy atom.